The lowest BCUT2D eigenvalue weighted by Crippen LogP contribution is -2.24. The summed E-state index contributed by atoms with van der Waals surface area (Å²) >= 11 is 6.08. The molecule has 4 rings (SSSR count). The number of aliphatic imine (C=N–C) groups is 1. The lowest BCUT2D eigenvalue weighted by Gasteiger charge is -2.14. The van der Waals surface area contributed by atoms with Gasteiger partial charge in [-0.2, -0.15) is 13.2 Å². The molecule has 3 aromatic rings. The number of H-pyrrole nitrogens is 1. The van der Waals surface area contributed by atoms with Crippen LogP contribution in [0.4, 0.5) is 13.2 Å². The quantitative estimate of drug-likeness (QED) is 0.629. The maximum absolute atomic E-state index is 12.6. The van der Waals surface area contributed by atoms with Gasteiger partial charge in [0.15, 0.2) is 0 Å². The smallest absolute Gasteiger partial charge is 0.388 e. The summed E-state index contributed by atoms with van der Waals surface area (Å²) in [6.07, 6.45) is -1.26. The lowest BCUT2D eigenvalue weighted by atomic mass is 10.1. The van der Waals surface area contributed by atoms with Gasteiger partial charge in [0.1, 0.15) is 6.67 Å². The topological polar surface area (TPSA) is 40.6 Å². The summed E-state index contributed by atoms with van der Waals surface area (Å²) in [6.45, 7) is 1.04. The van der Waals surface area contributed by atoms with E-state index in [1.54, 1.807) is 5.06 Å². The molecular weight excluding hydrogens is 391 g/mol. The van der Waals surface area contributed by atoms with E-state index in [0.717, 1.165) is 40.6 Å². The van der Waals surface area contributed by atoms with Gasteiger partial charge in [0.05, 0.1) is 12.0 Å². The third-order valence-corrected chi connectivity index (χ3v) is 4.87. The van der Waals surface area contributed by atoms with Crippen LogP contribution < -0.4 is 0 Å². The van der Waals surface area contributed by atoms with E-state index in [2.05, 4.69) is 9.98 Å². The van der Waals surface area contributed by atoms with Crippen molar-refractivity contribution >= 4 is 28.4 Å². The summed E-state index contributed by atoms with van der Waals surface area (Å²) in [5.74, 6) is 0.502. The van der Waals surface area contributed by atoms with E-state index in [-0.39, 0.29) is 0 Å². The van der Waals surface area contributed by atoms with Crippen molar-refractivity contribution in [2.45, 2.75) is 19.0 Å². The maximum atomic E-state index is 12.6. The molecule has 28 heavy (non-hydrogen) atoms. The molecule has 1 aromatic heterocycles. The molecule has 0 atom stereocenters. The largest absolute Gasteiger partial charge is 0.416 e. The summed E-state index contributed by atoms with van der Waals surface area (Å²) in [6, 6.07) is 10.8. The first-order valence-electron chi connectivity index (χ1n) is 8.76. The molecule has 8 heteroatoms. The van der Waals surface area contributed by atoms with Crippen molar-refractivity contribution < 1.29 is 18.0 Å². The zero-order valence-corrected chi connectivity index (χ0v) is 15.5. The second kappa shape index (κ2) is 7.48. The molecular formula is C20H17ClF3N3O. The number of nitrogens with zero attached hydrogens (tertiary/aromatic N) is 2. The van der Waals surface area contributed by atoms with Crippen molar-refractivity contribution in [2.75, 3.05) is 13.2 Å². The van der Waals surface area contributed by atoms with Crippen molar-refractivity contribution in [3.05, 3.63) is 70.4 Å². The Bertz CT molecular complexity index is 1010. The SMILES string of the molecule is FC(F)(F)c1ccc(CC2=NCN(CCc3c[nH]c4ccc(Cl)cc34)O2)cc1. The van der Waals surface area contributed by atoms with Crippen LogP contribution >= 0.6 is 11.6 Å². The molecule has 2 heterocycles. The predicted molar refractivity (Wildman–Crippen MR) is 102 cm³/mol. The Hall–Kier alpha value is -2.51. The number of nitrogens with one attached hydrogen (secondary N) is 1. The third kappa shape index (κ3) is 4.15. The summed E-state index contributed by atoms with van der Waals surface area (Å²) in [4.78, 5) is 13.3. The number of hydroxylamine groups is 2. The van der Waals surface area contributed by atoms with Crippen LogP contribution in [0.2, 0.25) is 5.02 Å². The van der Waals surface area contributed by atoms with Gasteiger partial charge in [-0.05, 0) is 47.9 Å². The van der Waals surface area contributed by atoms with E-state index in [1.165, 1.54) is 12.1 Å². The Morgan fingerprint density at radius 1 is 1.14 bits per heavy atom. The highest BCUT2D eigenvalue weighted by atomic mass is 35.5. The van der Waals surface area contributed by atoms with Crippen molar-refractivity contribution in [3.63, 3.8) is 0 Å². The van der Waals surface area contributed by atoms with Gasteiger partial charge in [-0.1, -0.05) is 23.7 Å². The van der Waals surface area contributed by atoms with Crippen LogP contribution in [0.5, 0.6) is 0 Å². The summed E-state index contributed by atoms with van der Waals surface area (Å²) in [7, 11) is 0. The monoisotopic (exact) mass is 407 g/mol. The molecule has 2 aromatic carbocycles. The first kappa shape index (κ1) is 18.8. The molecule has 0 bridgehead atoms. The highest BCUT2D eigenvalue weighted by molar-refractivity contribution is 6.31. The maximum Gasteiger partial charge on any atom is 0.416 e. The Labute approximate surface area is 164 Å². The number of halogens is 4. The van der Waals surface area contributed by atoms with Gasteiger partial charge < -0.3 is 9.82 Å². The molecule has 1 aliphatic rings. The minimum absolute atomic E-state index is 0.358. The Kier molecular flexibility index (Phi) is 5.03. The van der Waals surface area contributed by atoms with E-state index in [4.69, 9.17) is 16.4 Å². The van der Waals surface area contributed by atoms with Gasteiger partial charge in [0.2, 0.25) is 5.90 Å². The molecule has 0 spiro atoms. The number of fused-ring (bicyclic) bond motifs is 1. The van der Waals surface area contributed by atoms with Gasteiger partial charge in [-0.25, -0.2) is 4.99 Å². The Morgan fingerprint density at radius 3 is 2.68 bits per heavy atom. The summed E-state index contributed by atoms with van der Waals surface area (Å²) < 4.78 is 37.9. The molecule has 4 nitrogen and oxygen atoms in total. The van der Waals surface area contributed by atoms with Crippen LogP contribution in [0.15, 0.2) is 53.7 Å². The second-order valence-corrected chi connectivity index (χ2v) is 7.05. The van der Waals surface area contributed by atoms with Gasteiger partial charge in [0.25, 0.3) is 0 Å². The number of hydrogen-bond donors (Lipinski definition) is 1. The van der Waals surface area contributed by atoms with Crippen LogP contribution in [0, 0.1) is 0 Å². The normalized spacial score (nSPS) is 15.1. The van der Waals surface area contributed by atoms with E-state index < -0.39 is 11.7 Å². The summed E-state index contributed by atoms with van der Waals surface area (Å²) in [5.41, 5.74) is 2.23. The van der Waals surface area contributed by atoms with Crippen molar-refractivity contribution in [1.82, 2.24) is 10.0 Å². The van der Waals surface area contributed by atoms with E-state index in [9.17, 15) is 13.2 Å². The van der Waals surface area contributed by atoms with Gasteiger partial charge in [-0.3, -0.25) is 0 Å². The van der Waals surface area contributed by atoms with Gasteiger partial charge in [0, 0.05) is 28.7 Å². The standard InChI is InChI=1S/C20H17ClF3N3O/c21-16-5-6-18-17(10-16)14(11-25-18)7-8-27-12-26-19(28-27)9-13-1-3-15(4-2-13)20(22,23)24/h1-6,10-11,25H,7-9,12H2. The number of aromatic amines is 1. The Balaban J connectivity index is 1.32. The fourth-order valence-electron chi connectivity index (χ4n) is 3.16. The average molecular weight is 408 g/mol. The van der Waals surface area contributed by atoms with Crippen LogP contribution in [0.1, 0.15) is 16.7 Å². The Morgan fingerprint density at radius 2 is 1.93 bits per heavy atom. The zero-order chi connectivity index (χ0) is 19.7. The minimum atomic E-state index is -4.33. The van der Waals surface area contributed by atoms with E-state index >= 15 is 0 Å². The molecule has 1 N–H and O–H groups in total. The summed E-state index contributed by atoms with van der Waals surface area (Å²) in [5, 5.41) is 3.51. The molecule has 0 amide bonds. The second-order valence-electron chi connectivity index (χ2n) is 6.62. The fourth-order valence-corrected chi connectivity index (χ4v) is 3.33. The number of alkyl halides is 3. The molecule has 0 fully saturated rings. The lowest BCUT2D eigenvalue weighted by molar-refractivity contribution is -0.137. The first-order chi connectivity index (χ1) is 13.4. The highest BCUT2D eigenvalue weighted by Crippen LogP contribution is 2.29. The van der Waals surface area contributed by atoms with Crippen molar-refractivity contribution in [2.24, 2.45) is 4.99 Å². The van der Waals surface area contributed by atoms with Crippen LogP contribution in [0.3, 0.4) is 0 Å². The van der Waals surface area contributed by atoms with Crippen LogP contribution in [0.25, 0.3) is 10.9 Å². The molecule has 0 saturated heterocycles. The van der Waals surface area contributed by atoms with Gasteiger partial charge >= 0.3 is 6.18 Å². The van der Waals surface area contributed by atoms with E-state index in [1.807, 2.05) is 24.4 Å². The minimum Gasteiger partial charge on any atom is -0.388 e. The van der Waals surface area contributed by atoms with Crippen molar-refractivity contribution in [1.29, 1.82) is 0 Å². The average Bonchev–Trinajstić information content (AvgIpc) is 3.26. The molecule has 0 radical (unpaired) electrons. The van der Waals surface area contributed by atoms with Gasteiger partial charge in [-0.15, -0.1) is 5.06 Å². The number of rotatable bonds is 5. The molecule has 146 valence electrons. The first-order valence-corrected chi connectivity index (χ1v) is 9.14. The highest BCUT2D eigenvalue weighted by Gasteiger charge is 2.30. The van der Waals surface area contributed by atoms with Crippen LogP contribution in [-0.2, 0) is 23.9 Å². The molecule has 0 unspecified atom stereocenters. The fraction of sp³-hybridized carbons (Fsp3) is 0.250. The zero-order valence-electron chi connectivity index (χ0n) is 14.8. The molecule has 1 aliphatic heterocycles. The predicted octanol–water partition coefficient (Wildman–Crippen LogP) is 5.23. The number of hydrogen-bond acceptors (Lipinski definition) is 3. The van der Waals surface area contributed by atoms with Crippen LogP contribution in [-0.4, -0.2) is 29.2 Å². The third-order valence-electron chi connectivity index (χ3n) is 4.64. The molecule has 0 aliphatic carbocycles. The number of aromatic nitrogens is 1. The molecule has 0 saturated carbocycles. The van der Waals surface area contributed by atoms with Crippen molar-refractivity contribution in [3.8, 4) is 0 Å². The number of benzene rings is 2. The van der Waals surface area contributed by atoms with E-state index in [0.29, 0.717) is 30.6 Å².